The van der Waals surface area contributed by atoms with Gasteiger partial charge in [-0.05, 0) is 35.9 Å². The summed E-state index contributed by atoms with van der Waals surface area (Å²) in [7, 11) is -2.10. The van der Waals surface area contributed by atoms with Crippen molar-refractivity contribution in [2.24, 2.45) is 0 Å². The Labute approximate surface area is 152 Å². The first-order valence-electron chi connectivity index (χ1n) is 7.43. The van der Waals surface area contributed by atoms with Crippen molar-refractivity contribution in [1.29, 1.82) is 0 Å². The fourth-order valence-corrected chi connectivity index (χ4v) is 3.23. The van der Waals surface area contributed by atoms with Gasteiger partial charge in [-0.15, -0.1) is 0 Å². The van der Waals surface area contributed by atoms with Gasteiger partial charge in [0.15, 0.2) is 0 Å². The average Bonchev–Trinajstić information content (AvgIpc) is 2.58. The number of rotatable bonds is 7. The fourth-order valence-electron chi connectivity index (χ4n) is 2.17. The molecule has 0 atom stereocenters. The Morgan fingerprint density at radius 2 is 1.80 bits per heavy atom. The van der Waals surface area contributed by atoms with Gasteiger partial charge in [-0.3, -0.25) is 9.10 Å². The molecule has 0 saturated heterocycles. The Morgan fingerprint density at radius 1 is 1.16 bits per heavy atom. The van der Waals surface area contributed by atoms with E-state index in [1.54, 1.807) is 42.5 Å². The SMILES string of the molecule is COc1ccc(N(CC(=O)NCc2ccccc2Cl)S(C)(=O)=O)cc1. The number of anilines is 1. The first kappa shape index (κ1) is 19.1. The molecule has 6 nitrogen and oxygen atoms in total. The Morgan fingerprint density at radius 3 is 2.36 bits per heavy atom. The molecular weight excluding hydrogens is 364 g/mol. The minimum Gasteiger partial charge on any atom is -0.497 e. The number of carbonyl (C=O) groups excluding carboxylic acids is 1. The first-order valence-corrected chi connectivity index (χ1v) is 9.66. The van der Waals surface area contributed by atoms with Crippen molar-refractivity contribution in [3.63, 3.8) is 0 Å². The lowest BCUT2D eigenvalue weighted by molar-refractivity contribution is -0.119. The molecule has 0 fully saturated rings. The predicted octanol–water partition coefficient (Wildman–Crippen LogP) is 2.43. The molecule has 8 heteroatoms. The molecule has 0 saturated carbocycles. The lowest BCUT2D eigenvalue weighted by atomic mass is 10.2. The number of sulfonamides is 1. The lowest BCUT2D eigenvalue weighted by Crippen LogP contribution is -2.40. The number of amides is 1. The molecule has 0 aliphatic carbocycles. The molecule has 2 aromatic carbocycles. The maximum Gasteiger partial charge on any atom is 0.241 e. The summed E-state index contributed by atoms with van der Waals surface area (Å²) >= 11 is 6.04. The molecular formula is C17H19ClN2O4S. The Balaban J connectivity index is 2.09. The molecule has 0 aromatic heterocycles. The van der Waals surface area contributed by atoms with E-state index in [1.165, 1.54) is 7.11 Å². The van der Waals surface area contributed by atoms with E-state index >= 15 is 0 Å². The Bertz CT molecular complexity index is 838. The molecule has 0 aliphatic rings. The monoisotopic (exact) mass is 382 g/mol. The molecule has 2 aromatic rings. The summed E-state index contributed by atoms with van der Waals surface area (Å²) in [5, 5.41) is 3.22. The van der Waals surface area contributed by atoms with Gasteiger partial charge in [0.1, 0.15) is 12.3 Å². The number of carbonyl (C=O) groups is 1. The second-order valence-corrected chi connectivity index (χ2v) is 7.65. The van der Waals surface area contributed by atoms with Gasteiger partial charge in [0, 0.05) is 11.6 Å². The van der Waals surface area contributed by atoms with Crippen molar-refractivity contribution < 1.29 is 17.9 Å². The molecule has 0 heterocycles. The number of benzene rings is 2. The summed E-state index contributed by atoms with van der Waals surface area (Å²) in [6.07, 6.45) is 1.05. The van der Waals surface area contributed by atoms with Crippen LogP contribution in [0.4, 0.5) is 5.69 Å². The van der Waals surface area contributed by atoms with Crippen LogP contribution in [0.2, 0.25) is 5.02 Å². The normalized spacial score (nSPS) is 11.0. The van der Waals surface area contributed by atoms with Crippen molar-refractivity contribution in [1.82, 2.24) is 5.32 Å². The standard InChI is InChI=1S/C17H19ClN2O4S/c1-24-15-9-7-14(8-10-15)20(25(2,22)23)12-17(21)19-11-13-5-3-4-6-16(13)18/h3-10H,11-12H2,1-2H3,(H,19,21). The Hall–Kier alpha value is -2.25. The summed E-state index contributed by atoms with van der Waals surface area (Å²) in [4.78, 5) is 12.2. The van der Waals surface area contributed by atoms with Gasteiger partial charge in [-0.25, -0.2) is 8.42 Å². The molecule has 25 heavy (non-hydrogen) atoms. The highest BCUT2D eigenvalue weighted by atomic mass is 35.5. The average molecular weight is 383 g/mol. The van der Waals surface area contributed by atoms with Crippen LogP contribution in [-0.4, -0.2) is 34.2 Å². The molecule has 134 valence electrons. The zero-order valence-electron chi connectivity index (χ0n) is 13.9. The van der Waals surface area contributed by atoms with Crippen molar-refractivity contribution >= 4 is 33.2 Å². The number of ether oxygens (including phenoxy) is 1. The minimum absolute atomic E-state index is 0.221. The number of hydrogen-bond donors (Lipinski definition) is 1. The molecule has 0 unspecified atom stereocenters. The number of methoxy groups -OCH3 is 1. The van der Waals surface area contributed by atoms with Gasteiger partial charge in [0.05, 0.1) is 19.1 Å². The summed E-state index contributed by atoms with van der Waals surface area (Å²) in [6.45, 7) is -0.103. The van der Waals surface area contributed by atoms with E-state index in [0.29, 0.717) is 16.5 Å². The van der Waals surface area contributed by atoms with Gasteiger partial charge in [-0.1, -0.05) is 29.8 Å². The molecule has 0 radical (unpaired) electrons. The molecule has 2 rings (SSSR count). The highest BCUT2D eigenvalue weighted by Gasteiger charge is 2.20. The van der Waals surface area contributed by atoms with Gasteiger partial charge in [0.2, 0.25) is 15.9 Å². The zero-order chi connectivity index (χ0) is 18.4. The van der Waals surface area contributed by atoms with Crippen molar-refractivity contribution in [3.05, 3.63) is 59.1 Å². The van der Waals surface area contributed by atoms with E-state index in [-0.39, 0.29) is 13.1 Å². The summed E-state index contributed by atoms with van der Waals surface area (Å²) in [5.74, 6) is 0.168. The highest BCUT2D eigenvalue weighted by Crippen LogP contribution is 2.21. The number of hydrogen-bond acceptors (Lipinski definition) is 4. The first-order chi connectivity index (χ1) is 11.8. The topological polar surface area (TPSA) is 75.7 Å². The minimum atomic E-state index is -3.62. The molecule has 0 aliphatic heterocycles. The molecule has 0 bridgehead atoms. The highest BCUT2D eigenvalue weighted by molar-refractivity contribution is 7.92. The van der Waals surface area contributed by atoms with Crippen LogP contribution >= 0.6 is 11.6 Å². The van der Waals surface area contributed by atoms with Gasteiger partial charge in [0.25, 0.3) is 0 Å². The van der Waals surface area contributed by atoms with E-state index in [1.807, 2.05) is 6.07 Å². The summed E-state index contributed by atoms with van der Waals surface area (Å²) in [6, 6.07) is 13.6. The van der Waals surface area contributed by atoms with Crippen molar-refractivity contribution in [2.45, 2.75) is 6.54 Å². The molecule has 1 N–H and O–H groups in total. The van der Waals surface area contributed by atoms with Crippen LogP contribution in [0.25, 0.3) is 0 Å². The van der Waals surface area contributed by atoms with Crippen LogP contribution in [0.3, 0.4) is 0 Å². The zero-order valence-corrected chi connectivity index (χ0v) is 15.5. The van der Waals surface area contributed by atoms with Gasteiger partial charge >= 0.3 is 0 Å². The summed E-state index contributed by atoms with van der Waals surface area (Å²) < 4.78 is 30.2. The largest absolute Gasteiger partial charge is 0.497 e. The van der Waals surface area contributed by atoms with E-state index in [4.69, 9.17) is 16.3 Å². The van der Waals surface area contributed by atoms with Crippen molar-refractivity contribution in [2.75, 3.05) is 24.2 Å². The third kappa shape index (κ3) is 5.37. The third-order valence-corrected chi connectivity index (χ3v) is 4.99. The lowest BCUT2D eigenvalue weighted by Gasteiger charge is -2.22. The fraction of sp³-hybridized carbons (Fsp3) is 0.235. The van der Waals surface area contributed by atoms with Crippen LogP contribution in [-0.2, 0) is 21.4 Å². The van der Waals surface area contributed by atoms with Crippen LogP contribution in [0.15, 0.2) is 48.5 Å². The van der Waals surface area contributed by atoms with Crippen molar-refractivity contribution in [3.8, 4) is 5.75 Å². The number of halogens is 1. The summed E-state index contributed by atoms with van der Waals surface area (Å²) in [5.41, 5.74) is 1.14. The smallest absolute Gasteiger partial charge is 0.241 e. The van der Waals surface area contributed by atoms with Crippen LogP contribution < -0.4 is 14.4 Å². The second-order valence-electron chi connectivity index (χ2n) is 5.34. The number of nitrogens with one attached hydrogen (secondary N) is 1. The number of nitrogens with zero attached hydrogens (tertiary/aromatic N) is 1. The molecule has 1 amide bonds. The second kappa shape index (κ2) is 8.22. The van der Waals surface area contributed by atoms with E-state index in [9.17, 15) is 13.2 Å². The predicted molar refractivity (Wildman–Crippen MR) is 98.5 cm³/mol. The van der Waals surface area contributed by atoms with Crippen LogP contribution in [0, 0.1) is 0 Å². The van der Waals surface area contributed by atoms with E-state index < -0.39 is 15.9 Å². The van der Waals surface area contributed by atoms with E-state index in [0.717, 1.165) is 16.1 Å². The van der Waals surface area contributed by atoms with Gasteiger partial charge < -0.3 is 10.1 Å². The maximum absolute atomic E-state index is 12.2. The third-order valence-electron chi connectivity index (χ3n) is 3.48. The quantitative estimate of drug-likeness (QED) is 0.798. The van der Waals surface area contributed by atoms with Crippen LogP contribution in [0.5, 0.6) is 5.75 Å². The van der Waals surface area contributed by atoms with Crippen LogP contribution in [0.1, 0.15) is 5.56 Å². The Kier molecular flexibility index (Phi) is 6.27. The van der Waals surface area contributed by atoms with Gasteiger partial charge in [-0.2, -0.15) is 0 Å². The van der Waals surface area contributed by atoms with E-state index in [2.05, 4.69) is 5.32 Å². The maximum atomic E-state index is 12.2. The molecule has 0 spiro atoms.